The van der Waals surface area contributed by atoms with Gasteiger partial charge in [-0.3, -0.25) is 14.5 Å². The Balaban J connectivity index is 1.26. The fourth-order valence-electron chi connectivity index (χ4n) is 5.43. The summed E-state index contributed by atoms with van der Waals surface area (Å²) >= 11 is 0. The molecule has 8 heteroatoms. The van der Waals surface area contributed by atoms with E-state index in [2.05, 4.69) is 16.3 Å². The molecule has 1 unspecified atom stereocenters. The molecule has 0 saturated carbocycles. The number of carbonyl (C=O) groups is 2. The van der Waals surface area contributed by atoms with E-state index in [-0.39, 0.29) is 17.7 Å². The lowest BCUT2D eigenvalue weighted by Gasteiger charge is -2.29. The Kier molecular flexibility index (Phi) is 11.0. The van der Waals surface area contributed by atoms with Gasteiger partial charge in [-0.2, -0.15) is 0 Å². The zero-order chi connectivity index (χ0) is 27.5. The van der Waals surface area contributed by atoms with Crippen LogP contribution in [0, 0.1) is 0 Å². The molecular formula is C31H42N2O6. The van der Waals surface area contributed by atoms with Gasteiger partial charge in [0.1, 0.15) is 19.0 Å². The third-order valence-corrected chi connectivity index (χ3v) is 7.49. The molecule has 2 aromatic carbocycles. The maximum absolute atomic E-state index is 13.0. The highest BCUT2D eigenvalue weighted by Crippen LogP contribution is 2.31. The molecule has 8 nitrogen and oxygen atoms in total. The number of hydrogen-bond acceptors (Lipinski definition) is 7. The summed E-state index contributed by atoms with van der Waals surface area (Å²) in [5, 5.41) is 3.30. The Morgan fingerprint density at radius 3 is 2.54 bits per heavy atom. The van der Waals surface area contributed by atoms with Crippen LogP contribution in [0.2, 0.25) is 0 Å². The molecule has 1 fully saturated rings. The smallest absolute Gasteiger partial charge is 0.220 e. The number of amides is 1. The summed E-state index contributed by atoms with van der Waals surface area (Å²) in [4.78, 5) is 27.8. The minimum absolute atomic E-state index is 0.0193. The van der Waals surface area contributed by atoms with Gasteiger partial charge in [0.2, 0.25) is 5.91 Å². The molecule has 0 spiro atoms. The highest BCUT2D eigenvalue weighted by molar-refractivity contribution is 5.96. The van der Waals surface area contributed by atoms with E-state index in [4.69, 9.17) is 18.9 Å². The summed E-state index contributed by atoms with van der Waals surface area (Å²) in [7, 11) is 3.35. The highest BCUT2D eigenvalue weighted by atomic mass is 16.6. The fourth-order valence-corrected chi connectivity index (χ4v) is 5.43. The Labute approximate surface area is 231 Å². The maximum Gasteiger partial charge on any atom is 0.220 e. The van der Waals surface area contributed by atoms with E-state index in [9.17, 15) is 9.59 Å². The number of rotatable bonds is 15. The van der Waals surface area contributed by atoms with Crippen molar-refractivity contribution >= 4 is 11.7 Å². The minimum Gasteiger partial charge on any atom is -0.497 e. The predicted octanol–water partition coefficient (Wildman–Crippen LogP) is 4.44. The maximum atomic E-state index is 13.0. The zero-order valence-electron chi connectivity index (χ0n) is 23.3. The summed E-state index contributed by atoms with van der Waals surface area (Å²) in [6, 6.07) is 13.6. The number of ether oxygens (including phenoxy) is 4. The third-order valence-electron chi connectivity index (χ3n) is 7.49. The van der Waals surface area contributed by atoms with Gasteiger partial charge in [-0.15, -0.1) is 0 Å². The molecule has 2 atom stereocenters. The first-order valence-corrected chi connectivity index (χ1v) is 14.1. The number of nitrogens with one attached hydrogen (secondary N) is 1. The summed E-state index contributed by atoms with van der Waals surface area (Å²) in [6.45, 7) is 3.62. The molecule has 2 heterocycles. The van der Waals surface area contributed by atoms with Crippen molar-refractivity contribution in [1.82, 2.24) is 10.2 Å². The number of carbonyl (C=O) groups excluding carboxylic acids is 2. The lowest BCUT2D eigenvalue weighted by molar-refractivity contribution is -0.122. The first-order valence-electron chi connectivity index (χ1n) is 14.1. The second-order valence-corrected chi connectivity index (χ2v) is 10.4. The summed E-state index contributed by atoms with van der Waals surface area (Å²) < 4.78 is 22.0. The van der Waals surface area contributed by atoms with E-state index in [0.717, 1.165) is 74.4 Å². The molecule has 1 amide bonds. The van der Waals surface area contributed by atoms with Crippen molar-refractivity contribution in [3.63, 3.8) is 0 Å². The third kappa shape index (κ3) is 8.70. The van der Waals surface area contributed by atoms with Gasteiger partial charge in [-0.25, -0.2) is 0 Å². The van der Waals surface area contributed by atoms with Crippen LogP contribution < -0.4 is 19.5 Å². The molecular weight excluding hydrogens is 496 g/mol. The van der Waals surface area contributed by atoms with Crippen molar-refractivity contribution < 1.29 is 28.5 Å². The van der Waals surface area contributed by atoms with Crippen LogP contribution in [0.1, 0.15) is 60.9 Å². The molecule has 0 aromatic heterocycles. The Bertz CT molecular complexity index is 1070. The van der Waals surface area contributed by atoms with Crippen LogP contribution >= 0.6 is 0 Å². The molecule has 4 rings (SSSR count). The molecule has 1 saturated heterocycles. The van der Waals surface area contributed by atoms with Crippen molar-refractivity contribution in [2.24, 2.45) is 0 Å². The van der Waals surface area contributed by atoms with Gasteiger partial charge in [-0.05, 0) is 80.6 Å². The van der Waals surface area contributed by atoms with E-state index in [1.165, 1.54) is 0 Å². The number of likely N-dealkylation sites (tertiary alicyclic amines) is 1. The quantitative estimate of drug-likeness (QED) is 0.265. The van der Waals surface area contributed by atoms with Gasteiger partial charge in [0.05, 0.1) is 13.7 Å². The van der Waals surface area contributed by atoms with Crippen LogP contribution in [0.15, 0.2) is 42.5 Å². The second-order valence-electron chi connectivity index (χ2n) is 10.4. The predicted molar refractivity (Wildman–Crippen MR) is 150 cm³/mol. The molecule has 212 valence electrons. The van der Waals surface area contributed by atoms with Crippen molar-refractivity contribution in [3.8, 4) is 17.2 Å². The lowest BCUT2D eigenvalue weighted by atomic mass is 10.0. The highest BCUT2D eigenvalue weighted by Gasteiger charge is 2.27. The number of Topliss-reactive ketones (excluding diaryl/α,β-unsaturated/α-hetero) is 1. The molecule has 0 bridgehead atoms. The van der Waals surface area contributed by atoms with E-state index in [1.54, 1.807) is 38.5 Å². The molecule has 1 N–H and O–H groups in total. The topological polar surface area (TPSA) is 86.3 Å². The molecule has 0 radical (unpaired) electrons. The normalized spacial score (nSPS) is 17.5. The van der Waals surface area contributed by atoms with Gasteiger partial charge in [0.15, 0.2) is 17.3 Å². The molecule has 0 aliphatic carbocycles. The largest absolute Gasteiger partial charge is 0.497 e. The van der Waals surface area contributed by atoms with Crippen LogP contribution in [0.4, 0.5) is 0 Å². The Morgan fingerprint density at radius 1 is 1.00 bits per heavy atom. The number of benzene rings is 2. The number of methoxy groups -OCH3 is 2. The van der Waals surface area contributed by atoms with Crippen LogP contribution in [-0.2, 0) is 16.0 Å². The molecule has 39 heavy (non-hydrogen) atoms. The summed E-state index contributed by atoms with van der Waals surface area (Å²) in [5.41, 5.74) is 1.81. The Morgan fingerprint density at radius 2 is 1.77 bits per heavy atom. The van der Waals surface area contributed by atoms with E-state index in [1.807, 2.05) is 12.1 Å². The van der Waals surface area contributed by atoms with Crippen LogP contribution in [0.5, 0.6) is 17.2 Å². The van der Waals surface area contributed by atoms with Gasteiger partial charge < -0.3 is 24.3 Å². The van der Waals surface area contributed by atoms with Gasteiger partial charge in [-0.1, -0.05) is 12.5 Å². The average molecular weight is 539 g/mol. The van der Waals surface area contributed by atoms with E-state index < -0.39 is 0 Å². The number of hydrogen-bond donors (Lipinski definition) is 1. The second kappa shape index (κ2) is 14.9. The number of ketones is 1. The van der Waals surface area contributed by atoms with Crippen molar-refractivity contribution in [2.75, 3.05) is 47.1 Å². The average Bonchev–Trinajstić information content (AvgIpc) is 3.39. The van der Waals surface area contributed by atoms with E-state index in [0.29, 0.717) is 44.3 Å². The van der Waals surface area contributed by atoms with Gasteiger partial charge in [0, 0.05) is 44.1 Å². The number of nitrogens with zero attached hydrogens (tertiary/aromatic N) is 1. The number of unbranched alkanes of at least 4 members (excludes halogenated alkanes) is 2. The van der Waals surface area contributed by atoms with Gasteiger partial charge >= 0.3 is 0 Å². The standard InChI is InChI=1S/C31H42N2O6/c1-36-22-26-7-6-16-33(26)21-25(19-23-10-15-29-30(20-23)39-18-17-38-29)32-31(35)9-5-3-4-8-28(34)24-11-13-27(37-2)14-12-24/h10-15,20,25-26H,3-9,16-19,21-22H2,1-2H3,(H,32,35)/t25-,26?/m0/s1. The first kappa shape index (κ1) is 28.9. The molecule has 2 aliphatic heterocycles. The summed E-state index contributed by atoms with van der Waals surface area (Å²) in [6.07, 6.45) is 6.28. The molecule has 2 aliphatic rings. The SMILES string of the molecule is COCC1CCCN1C[C@H](Cc1ccc2c(c1)OCCO2)NC(=O)CCCCCC(=O)c1ccc(OC)cc1. The lowest BCUT2D eigenvalue weighted by Crippen LogP contribution is -2.47. The summed E-state index contributed by atoms with van der Waals surface area (Å²) in [5.74, 6) is 2.46. The number of fused-ring (bicyclic) bond motifs is 1. The van der Waals surface area contributed by atoms with Crippen molar-refractivity contribution in [1.29, 1.82) is 0 Å². The van der Waals surface area contributed by atoms with Crippen LogP contribution in [0.25, 0.3) is 0 Å². The van der Waals surface area contributed by atoms with Gasteiger partial charge in [0.25, 0.3) is 0 Å². The van der Waals surface area contributed by atoms with Crippen LogP contribution in [0.3, 0.4) is 0 Å². The zero-order valence-corrected chi connectivity index (χ0v) is 23.3. The minimum atomic E-state index is -0.0193. The Hall–Kier alpha value is -3.10. The van der Waals surface area contributed by atoms with Crippen molar-refractivity contribution in [3.05, 3.63) is 53.6 Å². The van der Waals surface area contributed by atoms with Crippen molar-refractivity contribution in [2.45, 2.75) is 63.5 Å². The van der Waals surface area contributed by atoms with E-state index >= 15 is 0 Å². The molecule has 2 aromatic rings. The fraction of sp³-hybridized carbons (Fsp3) is 0.548. The monoisotopic (exact) mass is 538 g/mol. The first-order chi connectivity index (χ1) is 19.1. The van der Waals surface area contributed by atoms with Crippen LogP contribution in [-0.4, -0.2) is 75.8 Å².